The van der Waals surface area contributed by atoms with Gasteiger partial charge in [-0.05, 0) is 35.4 Å². The van der Waals surface area contributed by atoms with Crippen LogP contribution in [0.5, 0.6) is 23.0 Å². The molecule has 2 fully saturated rings. The van der Waals surface area contributed by atoms with E-state index in [1.807, 2.05) is 30.3 Å². The van der Waals surface area contributed by atoms with E-state index in [0.29, 0.717) is 19.0 Å². The lowest BCUT2D eigenvalue weighted by molar-refractivity contribution is 0.0191. The Morgan fingerprint density at radius 3 is 2.27 bits per heavy atom. The monoisotopic (exact) mass is 356 g/mol. The van der Waals surface area contributed by atoms with E-state index in [1.165, 1.54) is 0 Å². The minimum atomic E-state index is -0.0616. The number of phenols is 1. The number of methoxy groups -OCH3 is 1. The molecule has 3 aliphatic heterocycles. The van der Waals surface area contributed by atoms with Crippen LogP contribution < -0.4 is 14.2 Å². The molecule has 1 N–H and O–H groups in total. The predicted molar refractivity (Wildman–Crippen MR) is 91.6 cm³/mol. The number of ether oxygens (including phenoxy) is 5. The third-order valence-electron chi connectivity index (χ3n) is 5.52. The van der Waals surface area contributed by atoms with E-state index in [1.54, 1.807) is 13.2 Å². The molecule has 6 nitrogen and oxygen atoms in total. The van der Waals surface area contributed by atoms with Crippen molar-refractivity contribution in [1.29, 1.82) is 0 Å². The van der Waals surface area contributed by atoms with Gasteiger partial charge in [-0.3, -0.25) is 0 Å². The average molecular weight is 356 g/mol. The smallest absolute Gasteiger partial charge is 0.231 e. The van der Waals surface area contributed by atoms with Crippen LogP contribution in [0, 0.1) is 11.8 Å². The second kappa shape index (κ2) is 6.07. The van der Waals surface area contributed by atoms with Crippen LogP contribution in [0.4, 0.5) is 0 Å². The summed E-state index contributed by atoms with van der Waals surface area (Å²) in [7, 11) is 1.55. The molecule has 0 bridgehead atoms. The van der Waals surface area contributed by atoms with Crippen LogP contribution in [-0.4, -0.2) is 32.2 Å². The molecule has 5 rings (SSSR count). The van der Waals surface area contributed by atoms with Crippen LogP contribution in [-0.2, 0) is 9.47 Å². The maximum Gasteiger partial charge on any atom is 0.231 e. The third-order valence-corrected chi connectivity index (χ3v) is 5.52. The second-order valence-corrected chi connectivity index (χ2v) is 6.88. The number of rotatable bonds is 3. The van der Waals surface area contributed by atoms with Crippen LogP contribution >= 0.6 is 0 Å². The fourth-order valence-corrected chi connectivity index (χ4v) is 4.20. The highest BCUT2D eigenvalue weighted by molar-refractivity contribution is 5.46. The first-order valence-corrected chi connectivity index (χ1v) is 8.74. The molecule has 2 aromatic rings. The first-order chi connectivity index (χ1) is 12.7. The van der Waals surface area contributed by atoms with Gasteiger partial charge >= 0.3 is 0 Å². The van der Waals surface area contributed by atoms with E-state index in [0.717, 1.165) is 22.6 Å². The Labute approximate surface area is 151 Å². The molecule has 0 aromatic heterocycles. The Balaban J connectivity index is 1.40. The maximum atomic E-state index is 9.82. The van der Waals surface area contributed by atoms with Crippen molar-refractivity contribution in [3.8, 4) is 23.0 Å². The zero-order valence-corrected chi connectivity index (χ0v) is 14.4. The minimum absolute atomic E-state index is 0.0153. The molecule has 4 atom stereocenters. The first kappa shape index (κ1) is 15.8. The molecule has 0 unspecified atom stereocenters. The summed E-state index contributed by atoms with van der Waals surface area (Å²) in [6, 6.07) is 11.4. The highest BCUT2D eigenvalue weighted by Crippen LogP contribution is 2.51. The van der Waals surface area contributed by atoms with Crippen LogP contribution in [0.1, 0.15) is 23.3 Å². The lowest BCUT2D eigenvalue weighted by Gasteiger charge is -2.17. The molecule has 6 heteroatoms. The topological polar surface area (TPSA) is 66.4 Å². The van der Waals surface area contributed by atoms with Gasteiger partial charge in [0.05, 0.1) is 32.5 Å². The molecule has 0 aliphatic carbocycles. The normalized spacial score (nSPS) is 29.0. The van der Waals surface area contributed by atoms with E-state index >= 15 is 0 Å². The van der Waals surface area contributed by atoms with Crippen molar-refractivity contribution in [2.75, 3.05) is 27.1 Å². The molecule has 3 aliphatic rings. The van der Waals surface area contributed by atoms with Gasteiger partial charge < -0.3 is 28.8 Å². The van der Waals surface area contributed by atoms with Crippen LogP contribution in [0.2, 0.25) is 0 Å². The van der Waals surface area contributed by atoms with Crippen molar-refractivity contribution in [1.82, 2.24) is 0 Å². The molecule has 0 radical (unpaired) electrons. The van der Waals surface area contributed by atoms with E-state index in [9.17, 15) is 5.11 Å². The molecule has 2 aromatic carbocycles. The Hall–Kier alpha value is -2.44. The molecule has 0 spiro atoms. The Morgan fingerprint density at radius 2 is 1.54 bits per heavy atom. The summed E-state index contributed by atoms with van der Waals surface area (Å²) in [5, 5.41) is 9.82. The van der Waals surface area contributed by atoms with Gasteiger partial charge in [0.25, 0.3) is 0 Å². The molecule has 26 heavy (non-hydrogen) atoms. The van der Waals surface area contributed by atoms with Crippen molar-refractivity contribution < 1.29 is 28.8 Å². The van der Waals surface area contributed by atoms with Gasteiger partial charge in [0.1, 0.15) is 0 Å². The summed E-state index contributed by atoms with van der Waals surface area (Å²) in [5.41, 5.74) is 2.09. The van der Waals surface area contributed by atoms with Crippen LogP contribution in [0.15, 0.2) is 36.4 Å². The number of hydrogen-bond acceptors (Lipinski definition) is 6. The van der Waals surface area contributed by atoms with Crippen LogP contribution in [0.25, 0.3) is 0 Å². The summed E-state index contributed by atoms with van der Waals surface area (Å²) in [4.78, 5) is 0. The lowest BCUT2D eigenvalue weighted by Crippen LogP contribution is -2.14. The Bertz CT molecular complexity index is 810. The number of phenolic OH excluding ortho intramolecular Hbond substituents is 1. The summed E-state index contributed by atoms with van der Waals surface area (Å²) in [6.07, 6.45) is -0.0768. The van der Waals surface area contributed by atoms with Crippen molar-refractivity contribution in [3.05, 3.63) is 47.5 Å². The molecule has 2 saturated heterocycles. The van der Waals surface area contributed by atoms with E-state index in [2.05, 4.69) is 0 Å². The zero-order valence-electron chi connectivity index (χ0n) is 14.4. The number of hydrogen-bond donors (Lipinski definition) is 1. The van der Waals surface area contributed by atoms with Gasteiger partial charge in [0.2, 0.25) is 6.79 Å². The van der Waals surface area contributed by atoms with Gasteiger partial charge in [-0.2, -0.15) is 0 Å². The summed E-state index contributed by atoms with van der Waals surface area (Å²) in [5.74, 6) is 2.68. The molecular formula is C20H20O6. The Morgan fingerprint density at radius 1 is 0.885 bits per heavy atom. The average Bonchev–Trinajstić information content (AvgIpc) is 3.37. The maximum absolute atomic E-state index is 9.82. The van der Waals surface area contributed by atoms with Gasteiger partial charge in [-0.25, -0.2) is 0 Å². The standard InChI is InChI=1S/C20H20O6/c1-22-17-6-11(2-4-15(17)21)19-13-8-24-20(14(13)9-23-19)12-3-5-16-18(7-12)26-10-25-16/h2-7,13-14,19-21H,8-10H2,1H3/t13-,14-,19+,20+/m1/s1. The largest absolute Gasteiger partial charge is 0.504 e. The van der Waals surface area contributed by atoms with Crippen molar-refractivity contribution in [3.63, 3.8) is 0 Å². The molecule has 0 amide bonds. The van der Waals surface area contributed by atoms with Gasteiger partial charge in [0.15, 0.2) is 23.0 Å². The van der Waals surface area contributed by atoms with Crippen molar-refractivity contribution in [2.45, 2.75) is 12.2 Å². The van der Waals surface area contributed by atoms with E-state index < -0.39 is 0 Å². The highest BCUT2D eigenvalue weighted by Gasteiger charge is 2.48. The number of aromatic hydroxyl groups is 1. The quantitative estimate of drug-likeness (QED) is 0.911. The van der Waals surface area contributed by atoms with Crippen LogP contribution in [0.3, 0.4) is 0 Å². The summed E-state index contributed by atoms with van der Waals surface area (Å²) >= 11 is 0. The Kier molecular flexibility index (Phi) is 3.69. The highest BCUT2D eigenvalue weighted by atomic mass is 16.7. The van der Waals surface area contributed by atoms with Crippen molar-refractivity contribution >= 4 is 0 Å². The number of benzene rings is 2. The van der Waals surface area contributed by atoms with Gasteiger partial charge in [-0.15, -0.1) is 0 Å². The number of fused-ring (bicyclic) bond motifs is 2. The SMILES string of the molecule is COc1cc([C@@H]2OC[C@@H]3[C@H]2CO[C@H]3c2ccc3c(c2)OCO3)ccc1O. The molecule has 136 valence electrons. The van der Waals surface area contributed by atoms with E-state index in [4.69, 9.17) is 23.7 Å². The molecule has 3 heterocycles. The first-order valence-electron chi connectivity index (χ1n) is 8.74. The minimum Gasteiger partial charge on any atom is -0.504 e. The molecule has 0 saturated carbocycles. The lowest BCUT2D eigenvalue weighted by atomic mass is 9.85. The van der Waals surface area contributed by atoms with Gasteiger partial charge in [-0.1, -0.05) is 12.1 Å². The predicted octanol–water partition coefficient (Wildman–Crippen LogP) is 3.20. The molecular weight excluding hydrogens is 336 g/mol. The van der Waals surface area contributed by atoms with Crippen molar-refractivity contribution in [2.24, 2.45) is 11.8 Å². The second-order valence-electron chi connectivity index (χ2n) is 6.88. The summed E-state index contributed by atoms with van der Waals surface area (Å²) < 4.78 is 28.4. The zero-order chi connectivity index (χ0) is 17.7. The summed E-state index contributed by atoms with van der Waals surface area (Å²) in [6.45, 7) is 1.54. The van der Waals surface area contributed by atoms with E-state index in [-0.39, 0.29) is 36.6 Å². The fraction of sp³-hybridized carbons (Fsp3) is 0.400. The fourth-order valence-electron chi connectivity index (χ4n) is 4.20. The third kappa shape index (κ3) is 2.40. The van der Waals surface area contributed by atoms with Gasteiger partial charge in [0, 0.05) is 11.8 Å².